The summed E-state index contributed by atoms with van der Waals surface area (Å²) >= 11 is 0. The molecule has 0 aliphatic carbocycles. The summed E-state index contributed by atoms with van der Waals surface area (Å²) in [6.45, 7) is 11.9. The average Bonchev–Trinajstić information content (AvgIpc) is 2.28. The van der Waals surface area contributed by atoms with Gasteiger partial charge in [0.05, 0.1) is 0 Å². The zero-order valence-corrected chi connectivity index (χ0v) is 12.7. The van der Waals surface area contributed by atoms with Crippen molar-refractivity contribution in [3.63, 3.8) is 0 Å². The van der Waals surface area contributed by atoms with E-state index in [9.17, 15) is 4.79 Å². The maximum atomic E-state index is 12.0. The Kier molecular flexibility index (Phi) is 5.64. The second-order valence-corrected chi connectivity index (χ2v) is 6.88. The molecule has 0 aromatic carbocycles. The Morgan fingerprint density at radius 1 is 1.33 bits per heavy atom. The van der Waals surface area contributed by atoms with Crippen molar-refractivity contribution < 1.29 is 4.79 Å². The number of nitrogens with one attached hydrogen (secondary N) is 2. The lowest BCUT2D eigenvalue weighted by atomic mass is 9.80. The molecule has 0 bridgehead atoms. The molecule has 3 heteroatoms. The van der Waals surface area contributed by atoms with Gasteiger partial charge in [0.2, 0.25) is 5.91 Å². The Morgan fingerprint density at radius 3 is 2.50 bits per heavy atom. The minimum absolute atomic E-state index is 0.192. The Balaban J connectivity index is 2.35. The van der Waals surface area contributed by atoms with Gasteiger partial charge in [-0.15, -0.1) is 0 Å². The number of rotatable bonds is 4. The van der Waals surface area contributed by atoms with Crippen LogP contribution in [0.2, 0.25) is 0 Å². The van der Waals surface area contributed by atoms with E-state index in [2.05, 4.69) is 45.3 Å². The van der Waals surface area contributed by atoms with Crippen LogP contribution in [0.1, 0.15) is 60.3 Å². The lowest BCUT2D eigenvalue weighted by molar-refractivity contribution is -0.123. The highest BCUT2D eigenvalue weighted by Gasteiger charge is 2.25. The summed E-state index contributed by atoms with van der Waals surface area (Å²) in [5.41, 5.74) is 0.198. The second-order valence-electron chi connectivity index (χ2n) is 6.88. The van der Waals surface area contributed by atoms with Crippen LogP contribution in [-0.2, 0) is 4.79 Å². The summed E-state index contributed by atoms with van der Waals surface area (Å²) in [4.78, 5) is 12.0. The summed E-state index contributed by atoms with van der Waals surface area (Å²) in [5, 5.41) is 6.64. The van der Waals surface area contributed by atoms with Gasteiger partial charge >= 0.3 is 0 Å². The van der Waals surface area contributed by atoms with Gasteiger partial charge in [-0.05, 0) is 37.6 Å². The predicted molar refractivity (Wildman–Crippen MR) is 76.5 cm³/mol. The molecule has 1 aliphatic rings. The SMILES string of the molecule is CC(NC(=O)CC(C)C(C)(C)C)C1CCCCN1. The number of carbonyl (C=O) groups is 1. The molecular weight excluding hydrogens is 224 g/mol. The third kappa shape index (κ3) is 4.97. The summed E-state index contributed by atoms with van der Waals surface area (Å²) in [7, 11) is 0. The number of carbonyl (C=O) groups excluding carboxylic acids is 1. The van der Waals surface area contributed by atoms with Crippen molar-refractivity contribution in [2.45, 2.75) is 72.4 Å². The third-order valence-corrected chi connectivity index (χ3v) is 4.31. The van der Waals surface area contributed by atoms with Crippen LogP contribution in [0.15, 0.2) is 0 Å². The molecule has 1 amide bonds. The highest BCUT2D eigenvalue weighted by atomic mass is 16.1. The van der Waals surface area contributed by atoms with Crippen LogP contribution in [0, 0.1) is 11.3 Å². The molecule has 3 nitrogen and oxygen atoms in total. The summed E-state index contributed by atoms with van der Waals surface area (Å²) in [5.74, 6) is 0.598. The van der Waals surface area contributed by atoms with Crippen LogP contribution in [0.3, 0.4) is 0 Å². The maximum Gasteiger partial charge on any atom is 0.220 e. The molecule has 18 heavy (non-hydrogen) atoms. The van der Waals surface area contributed by atoms with Gasteiger partial charge < -0.3 is 10.6 Å². The molecule has 0 radical (unpaired) electrons. The Labute approximate surface area is 112 Å². The first kappa shape index (κ1) is 15.5. The molecule has 0 saturated carbocycles. The smallest absolute Gasteiger partial charge is 0.220 e. The predicted octanol–water partition coefficient (Wildman–Crippen LogP) is 2.71. The van der Waals surface area contributed by atoms with E-state index in [1.807, 2.05) is 0 Å². The molecule has 106 valence electrons. The number of hydrogen-bond acceptors (Lipinski definition) is 2. The minimum atomic E-state index is 0.192. The first-order chi connectivity index (χ1) is 8.30. The average molecular weight is 254 g/mol. The lowest BCUT2D eigenvalue weighted by Crippen LogP contribution is -2.50. The van der Waals surface area contributed by atoms with Crippen LogP contribution in [0.5, 0.6) is 0 Å². The van der Waals surface area contributed by atoms with E-state index in [4.69, 9.17) is 0 Å². The minimum Gasteiger partial charge on any atom is -0.352 e. The van der Waals surface area contributed by atoms with Crippen molar-refractivity contribution in [3.05, 3.63) is 0 Å². The van der Waals surface area contributed by atoms with E-state index < -0.39 is 0 Å². The molecule has 3 unspecified atom stereocenters. The van der Waals surface area contributed by atoms with Crippen molar-refractivity contribution in [1.29, 1.82) is 0 Å². The fourth-order valence-electron chi connectivity index (χ4n) is 2.30. The quantitative estimate of drug-likeness (QED) is 0.810. The molecule has 0 aromatic heterocycles. The highest BCUT2D eigenvalue weighted by molar-refractivity contribution is 5.76. The molecule has 1 saturated heterocycles. The van der Waals surface area contributed by atoms with Crippen LogP contribution in [0.25, 0.3) is 0 Å². The fourth-order valence-corrected chi connectivity index (χ4v) is 2.30. The monoisotopic (exact) mass is 254 g/mol. The number of amides is 1. The topological polar surface area (TPSA) is 41.1 Å². The molecular formula is C15H30N2O. The molecule has 0 spiro atoms. The third-order valence-electron chi connectivity index (χ3n) is 4.31. The van der Waals surface area contributed by atoms with Crippen molar-refractivity contribution in [3.8, 4) is 0 Å². The summed E-state index contributed by atoms with van der Waals surface area (Å²) < 4.78 is 0. The van der Waals surface area contributed by atoms with Gasteiger partial charge in [-0.2, -0.15) is 0 Å². The van der Waals surface area contributed by atoms with Crippen LogP contribution in [-0.4, -0.2) is 24.5 Å². The van der Waals surface area contributed by atoms with E-state index in [-0.39, 0.29) is 17.4 Å². The van der Waals surface area contributed by atoms with E-state index in [0.717, 1.165) is 6.54 Å². The van der Waals surface area contributed by atoms with E-state index in [0.29, 0.717) is 18.4 Å². The van der Waals surface area contributed by atoms with Gasteiger partial charge in [-0.3, -0.25) is 4.79 Å². The Hall–Kier alpha value is -0.570. The second kappa shape index (κ2) is 6.55. The number of piperidine rings is 1. The molecule has 1 rings (SSSR count). The maximum absolute atomic E-state index is 12.0. The van der Waals surface area contributed by atoms with E-state index >= 15 is 0 Å². The van der Waals surface area contributed by atoms with Gasteiger partial charge in [-0.1, -0.05) is 34.1 Å². The molecule has 1 aliphatic heterocycles. The molecule has 3 atom stereocenters. The first-order valence-electron chi connectivity index (χ1n) is 7.33. The van der Waals surface area contributed by atoms with Crippen molar-refractivity contribution in [2.24, 2.45) is 11.3 Å². The zero-order valence-electron chi connectivity index (χ0n) is 12.7. The van der Waals surface area contributed by atoms with Gasteiger partial charge in [-0.25, -0.2) is 0 Å². The number of hydrogen-bond donors (Lipinski definition) is 2. The normalized spacial score (nSPS) is 24.4. The molecule has 0 aromatic rings. The van der Waals surface area contributed by atoms with Gasteiger partial charge in [0.25, 0.3) is 0 Å². The lowest BCUT2D eigenvalue weighted by Gasteiger charge is -2.31. The molecule has 1 fully saturated rings. The Morgan fingerprint density at radius 2 is 2.00 bits per heavy atom. The van der Waals surface area contributed by atoms with Gasteiger partial charge in [0, 0.05) is 18.5 Å². The first-order valence-corrected chi connectivity index (χ1v) is 7.33. The van der Waals surface area contributed by atoms with Crippen molar-refractivity contribution in [1.82, 2.24) is 10.6 Å². The van der Waals surface area contributed by atoms with Crippen molar-refractivity contribution in [2.75, 3.05) is 6.54 Å². The van der Waals surface area contributed by atoms with Crippen LogP contribution >= 0.6 is 0 Å². The fraction of sp³-hybridized carbons (Fsp3) is 0.933. The van der Waals surface area contributed by atoms with Crippen molar-refractivity contribution >= 4 is 5.91 Å². The zero-order chi connectivity index (χ0) is 13.8. The Bertz CT molecular complexity index is 264. The van der Waals surface area contributed by atoms with Crippen LogP contribution in [0.4, 0.5) is 0 Å². The molecule has 1 heterocycles. The van der Waals surface area contributed by atoms with Crippen LogP contribution < -0.4 is 10.6 Å². The summed E-state index contributed by atoms with van der Waals surface area (Å²) in [6.07, 6.45) is 4.34. The highest BCUT2D eigenvalue weighted by Crippen LogP contribution is 2.27. The molecule has 2 N–H and O–H groups in total. The largest absolute Gasteiger partial charge is 0.352 e. The van der Waals surface area contributed by atoms with Gasteiger partial charge in [0.15, 0.2) is 0 Å². The summed E-state index contributed by atoms with van der Waals surface area (Å²) in [6, 6.07) is 0.692. The van der Waals surface area contributed by atoms with E-state index in [1.165, 1.54) is 19.3 Å². The van der Waals surface area contributed by atoms with E-state index in [1.54, 1.807) is 0 Å². The van der Waals surface area contributed by atoms with Gasteiger partial charge in [0.1, 0.15) is 0 Å². The standard InChI is InChI=1S/C15H30N2O/c1-11(15(3,4)5)10-14(18)17-12(2)13-8-6-7-9-16-13/h11-13,16H,6-10H2,1-5H3,(H,17,18).